The van der Waals surface area contributed by atoms with E-state index in [1.807, 2.05) is 11.3 Å². The number of para-hydroxylation sites is 1. The second kappa shape index (κ2) is 9.90. The van der Waals surface area contributed by atoms with Gasteiger partial charge < -0.3 is 4.42 Å². The largest absolute Gasteiger partial charge is 0.455 e. The molecule has 0 saturated carbocycles. The minimum atomic E-state index is 0.931. The minimum absolute atomic E-state index is 0.931. The maximum absolute atomic E-state index is 6.69. The maximum Gasteiger partial charge on any atom is 0.143 e. The first-order chi connectivity index (χ1) is 23.8. The lowest BCUT2D eigenvalue weighted by Gasteiger charge is -2.20. The van der Waals surface area contributed by atoms with Gasteiger partial charge in [-0.25, -0.2) is 0 Å². The van der Waals surface area contributed by atoms with Crippen LogP contribution in [0.1, 0.15) is 12.8 Å². The van der Waals surface area contributed by atoms with Gasteiger partial charge in [0.15, 0.2) is 0 Å². The fraction of sp³-hybridized carbons (Fsp3) is 0.0435. The van der Waals surface area contributed by atoms with Gasteiger partial charge >= 0.3 is 0 Å². The second-order valence-electron chi connectivity index (χ2n) is 13.0. The molecule has 1 nitrogen and oxygen atoms in total. The van der Waals surface area contributed by atoms with Crippen LogP contribution in [-0.2, 0) is 0 Å². The van der Waals surface area contributed by atoms with Crippen LogP contribution in [0, 0.1) is 0 Å². The monoisotopic (exact) mass is 628 g/mol. The maximum atomic E-state index is 6.69. The van der Waals surface area contributed by atoms with Gasteiger partial charge in [0.25, 0.3) is 0 Å². The molecule has 0 saturated heterocycles. The summed E-state index contributed by atoms with van der Waals surface area (Å²) in [6, 6.07) is 49.1. The highest BCUT2D eigenvalue weighted by Crippen LogP contribution is 2.45. The molecule has 0 N–H and O–H groups in total. The molecule has 8 aromatic carbocycles. The van der Waals surface area contributed by atoms with Crippen LogP contribution in [0.5, 0.6) is 0 Å². The number of benzene rings is 8. The van der Waals surface area contributed by atoms with E-state index in [0.717, 1.165) is 29.4 Å². The molecule has 0 fully saturated rings. The summed E-state index contributed by atoms with van der Waals surface area (Å²) >= 11 is 1.87. The third-order valence-corrected chi connectivity index (χ3v) is 11.6. The van der Waals surface area contributed by atoms with Crippen molar-refractivity contribution in [1.82, 2.24) is 0 Å². The minimum Gasteiger partial charge on any atom is -0.455 e. The van der Waals surface area contributed by atoms with E-state index in [2.05, 4.69) is 146 Å². The molecule has 0 amide bonds. The van der Waals surface area contributed by atoms with Crippen molar-refractivity contribution in [3.8, 4) is 22.3 Å². The van der Waals surface area contributed by atoms with Crippen LogP contribution in [0.3, 0.4) is 0 Å². The van der Waals surface area contributed by atoms with Crippen LogP contribution in [0.25, 0.3) is 109 Å². The highest BCUT2D eigenvalue weighted by Gasteiger charge is 2.22. The molecule has 1 aliphatic rings. The lowest BCUT2D eigenvalue weighted by atomic mass is 9.83. The molecule has 10 aromatic rings. The molecular formula is C46H28OS. The average molecular weight is 629 g/mol. The summed E-state index contributed by atoms with van der Waals surface area (Å²) in [6.45, 7) is 0. The van der Waals surface area contributed by atoms with Gasteiger partial charge in [0.05, 0.1) is 0 Å². The zero-order valence-electron chi connectivity index (χ0n) is 26.1. The van der Waals surface area contributed by atoms with Gasteiger partial charge in [0.1, 0.15) is 11.2 Å². The smallest absolute Gasteiger partial charge is 0.143 e. The predicted octanol–water partition coefficient (Wildman–Crippen LogP) is 12.1. The van der Waals surface area contributed by atoms with Gasteiger partial charge in [0.2, 0.25) is 0 Å². The fourth-order valence-electron chi connectivity index (χ4n) is 8.40. The number of hydrogen-bond donors (Lipinski definition) is 0. The lowest BCUT2D eigenvalue weighted by Crippen LogP contribution is -2.31. The predicted molar refractivity (Wildman–Crippen MR) is 207 cm³/mol. The summed E-state index contributed by atoms with van der Waals surface area (Å²) < 4.78 is 9.30. The van der Waals surface area contributed by atoms with E-state index in [4.69, 9.17) is 4.42 Å². The highest BCUT2D eigenvalue weighted by molar-refractivity contribution is 7.25. The number of thiophene rings is 1. The first-order valence-corrected chi connectivity index (χ1v) is 17.6. The zero-order chi connectivity index (χ0) is 31.3. The zero-order valence-corrected chi connectivity index (χ0v) is 26.9. The molecule has 2 heteroatoms. The molecule has 11 rings (SSSR count). The molecule has 2 aromatic heterocycles. The molecular weight excluding hydrogens is 601 g/mol. The first kappa shape index (κ1) is 26.4. The normalized spacial score (nSPS) is 13.2. The van der Waals surface area contributed by atoms with E-state index >= 15 is 0 Å². The summed E-state index contributed by atoms with van der Waals surface area (Å²) in [5, 5.41) is 15.2. The molecule has 0 aliphatic heterocycles. The Kier molecular flexibility index (Phi) is 5.44. The summed E-state index contributed by atoms with van der Waals surface area (Å²) in [5.74, 6) is 0. The lowest BCUT2D eigenvalue weighted by molar-refractivity contribution is 0.673. The molecule has 0 bridgehead atoms. The topological polar surface area (TPSA) is 13.1 Å². The van der Waals surface area contributed by atoms with E-state index in [1.54, 1.807) is 0 Å². The van der Waals surface area contributed by atoms with Gasteiger partial charge in [-0.2, -0.15) is 0 Å². The summed E-state index contributed by atoms with van der Waals surface area (Å²) in [7, 11) is 0. The van der Waals surface area contributed by atoms with Gasteiger partial charge in [-0.3, -0.25) is 0 Å². The first-order valence-electron chi connectivity index (χ1n) is 16.7. The Morgan fingerprint density at radius 1 is 0.417 bits per heavy atom. The van der Waals surface area contributed by atoms with Crippen LogP contribution < -0.4 is 10.4 Å². The van der Waals surface area contributed by atoms with E-state index in [1.165, 1.54) is 90.6 Å². The number of fused-ring (bicyclic) bond motifs is 11. The van der Waals surface area contributed by atoms with Crippen LogP contribution in [0.15, 0.2) is 138 Å². The highest BCUT2D eigenvalue weighted by atomic mass is 32.1. The number of rotatable bonds is 2. The van der Waals surface area contributed by atoms with Crippen molar-refractivity contribution in [2.45, 2.75) is 12.8 Å². The van der Waals surface area contributed by atoms with Crippen LogP contribution in [-0.4, -0.2) is 0 Å². The van der Waals surface area contributed by atoms with Crippen LogP contribution in [0.4, 0.5) is 0 Å². The Labute approximate surface area is 280 Å². The van der Waals surface area contributed by atoms with Crippen LogP contribution >= 0.6 is 11.3 Å². The molecule has 1 aliphatic carbocycles. The standard InChI is InChI=1S/C46H28OS/c1-2-14-28-27(12-1)13-11-21-31(28)44-32-17-3-5-19-34(32)45(35-20-6-4-18-33(35)44)38-25-39-29-15-7-9-22-41(29)47-46(39)40-26-43-37(24-36(38)40)30-16-8-10-23-42(30)48-43/h1-3,5,7-26H,4,6H2. The Bertz CT molecular complexity index is 3110. The molecule has 0 unspecified atom stereocenters. The van der Waals surface area contributed by atoms with Crippen molar-refractivity contribution in [3.63, 3.8) is 0 Å². The van der Waals surface area contributed by atoms with Gasteiger partial charge in [-0.15, -0.1) is 11.3 Å². The average Bonchev–Trinajstić information content (AvgIpc) is 3.71. The number of furan rings is 1. The molecule has 0 radical (unpaired) electrons. The van der Waals surface area contributed by atoms with Crippen molar-refractivity contribution in [1.29, 1.82) is 0 Å². The van der Waals surface area contributed by atoms with Crippen molar-refractivity contribution < 1.29 is 4.42 Å². The quantitative estimate of drug-likeness (QED) is 0.186. The van der Waals surface area contributed by atoms with E-state index < -0.39 is 0 Å². The van der Waals surface area contributed by atoms with Gasteiger partial charge in [0, 0.05) is 36.3 Å². The van der Waals surface area contributed by atoms with E-state index in [9.17, 15) is 0 Å². The van der Waals surface area contributed by atoms with Crippen LogP contribution in [0.2, 0.25) is 0 Å². The molecule has 0 spiro atoms. The molecule has 48 heavy (non-hydrogen) atoms. The van der Waals surface area contributed by atoms with E-state index in [0.29, 0.717) is 0 Å². The Hall–Kier alpha value is -5.70. The fourth-order valence-corrected chi connectivity index (χ4v) is 9.53. The summed E-state index contributed by atoms with van der Waals surface area (Å²) in [4.78, 5) is 0. The third-order valence-electron chi connectivity index (χ3n) is 10.5. The van der Waals surface area contributed by atoms with Crippen molar-refractivity contribution in [3.05, 3.63) is 144 Å². The van der Waals surface area contributed by atoms with Crippen molar-refractivity contribution >= 4 is 97.9 Å². The van der Waals surface area contributed by atoms with Gasteiger partial charge in [-0.05, 0) is 103 Å². The Morgan fingerprint density at radius 3 is 1.85 bits per heavy atom. The van der Waals surface area contributed by atoms with Crippen molar-refractivity contribution in [2.75, 3.05) is 0 Å². The summed E-state index contributed by atoms with van der Waals surface area (Å²) in [5.41, 5.74) is 7.12. The molecule has 2 heterocycles. The van der Waals surface area contributed by atoms with Crippen molar-refractivity contribution in [2.24, 2.45) is 0 Å². The number of hydrogen-bond acceptors (Lipinski definition) is 2. The second-order valence-corrected chi connectivity index (χ2v) is 14.1. The SMILES string of the molecule is C1=c2c(-c3cccc4ccccc34)c3ccccc3c(-c3cc4c5ccccc5oc4c4cc5sc6ccccc6c5cc34)c2=CCC1. The molecule has 0 atom stereocenters. The van der Waals surface area contributed by atoms with E-state index in [-0.39, 0.29) is 0 Å². The Balaban J connectivity index is 1.36. The Morgan fingerprint density at radius 2 is 1.04 bits per heavy atom. The summed E-state index contributed by atoms with van der Waals surface area (Å²) in [6.07, 6.45) is 7.05. The third kappa shape index (κ3) is 3.61. The van der Waals surface area contributed by atoms with Gasteiger partial charge in [-0.1, -0.05) is 115 Å². The molecule has 224 valence electrons.